The van der Waals surface area contributed by atoms with Crippen LogP contribution < -0.4 is 5.32 Å². The van der Waals surface area contributed by atoms with Gasteiger partial charge in [-0.1, -0.05) is 0 Å². The third-order valence-electron chi connectivity index (χ3n) is 8.18. The summed E-state index contributed by atoms with van der Waals surface area (Å²) in [5.41, 5.74) is 2.00. The third-order valence-corrected chi connectivity index (χ3v) is 8.18. The van der Waals surface area contributed by atoms with Crippen molar-refractivity contribution in [3.8, 4) is 11.1 Å². The van der Waals surface area contributed by atoms with Gasteiger partial charge >= 0.3 is 0 Å². The molecule has 1 saturated carbocycles. The maximum atomic E-state index is 13.4. The minimum atomic E-state index is -0.915. The number of hydrogen-bond acceptors (Lipinski definition) is 8. The minimum Gasteiger partial charge on any atom is -0.393 e. The summed E-state index contributed by atoms with van der Waals surface area (Å²) in [5.74, 6) is 0.724. The molecule has 1 amide bonds. The Morgan fingerprint density at radius 1 is 1.28 bits per heavy atom. The standard InChI is InChI=1S/C28H41N7O4/c1-18(16-39-5)31-26-29-14-24-22(12-23(35(24)32-26)19-6-8-21(36)9-7-19)20-13-30-34(15-20)27(2,3)25(37)33-11-10-28(4,38)17-33/h12-15,18-19,21,36,38H,6-11,16-17H2,1-5H3,(H,31,32)/t18-,19?,21?,28?/m0/s1. The molecular weight excluding hydrogens is 498 g/mol. The summed E-state index contributed by atoms with van der Waals surface area (Å²) in [7, 11) is 1.67. The first-order valence-electron chi connectivity index (χ1n) is 13.9. The van der Waals surface area contributed by atoms with Crippen LogP contribution in [-0.4, -0.2) is 90.0 Å². The Morgan fingerprint density at radius 2 is 2.03 bits per heavy atom. The molecule has 1 unspecified atom stereocenters. The number of aliphatic hydroxyl groups is 2. The molecule has 2 atom stereocenters. The quantitative estimate of drug-likeness (QED) is 0.399. The van der Waals surface area contributed by atoms with Crippen LogP contribution in [0.2, 0.25) is 0 Å². The smallest absolute Gasteiger partial charge is 0.250 e. The number of aromatic nitrogens is 5. The molecule has 0 spiro atoms. The highest BCUT2D eigenvalue weighted by molar-refractivity contribution is 5.85. The number of hydrogen-bond donors (Lipinski definition) is 3. The van der Waals surface area contributed by atoms with Gasteiger partial charge in [0.25, 0.3) is 0 Å². The van der Waals surface area contributed by atoms with Crippen LogP contribution in [0.5, 0.6) is 0 Å². The van der Waals surface area contributed by atoms with E-state index in [4.69, 9.17) is 9.84 Å². The number of amides is 1. The summed E-state index contributed by atoms with van der Waals surface area (Å²) in [4.78, 5) is 19.7. The van der Waals surface area contributed by atoms with Gasteiger partial charge in [0.15, 0.2) is 0 Å². The second-order valence-electron chi connectivity index (χ2n) is 12.1. The van der Waals surface area contributed by atoms with Gasteiger partial charge in [-0.2, -0.15) is 5.10 Å². The average Bonchev–Trinajstić information content (AvgIpc) is 3.61. The number of aliphatic hydroxyl groups excluding tert-OH is 1. The molecule has 2 fully saturated rings. The van der Waals surface area contributed by atoms with Crippen molar-refractivity contribution in [2.24, 2.45) is 0 Å². The lowest BCUT2D eigenvalue weighted by atomic mass is 9.85. The number of carbonyl (C=O) groups is 1. The van der Waals surface area contributed by atoms with Crippen molar-refractivity contribution in [1.29, 1.82) is 0 Å². The maximum absolute atomic E-state index is 13.4. The van der Waals surface area contributed by atoms with Crippen LogP contribution in [-0.2, 0) is 15.1 Å². The number of nitrogens with zero attached hydrogens (tertiary/aromatic N) is 6. The number of likely N-dealkylation sites (tertiary alicyclic amines) is 1. The molecule has 3 N–H and O–H groups in total. The van der Waals surface area contributed by atoms with E-state index in [-0.39, 0.29) is 24.0 Å². The second kappa shape index (κ2) is 10.5. The summed E-state index contributed by atoms with van der Waals surface area (Å²) < 4.78 is 8.92. The number of carbonyl (C=O) groups excluding carboxylic acids is 1. The number of nitrogens with one attached hydrogen (secondary N) is 1. The molecule has 1 saturated heterocycles. The van der Waals surface area contributed by atoms with Crippen LogP contribution in [0.3, 0.4) is 0 Å². The SMILES string of the molecule is COC[C@H](C)Nc1ncc2c(-c3cnn(C(C)(C)C(=O)N4CCC(C)(O)C4)c3)cc(C3CCC(O)CC3)n2n1. The fourth-order valence-corrected chi connectivity index (χ4v) is 5.86. The highest BCUT2D eigenvalue weighted by atomic mass is 16.5. The van der Waals surface area contributed by atoms with Gasteiger partial charge in [-0.3, -0.25) is 9.48 Å². The molecule has 0 bridgehead atoms. The number of rotatable bonds is 8. The van der Waals surface area contributed by atoms with Gasteiger partial charge in [0.05, 0.1) is 36.2 Å². The van der Waals surface area contributed by atoms with Gasteiger partial charge in [0.1, 0.15) is 5.54 Å². The zero-order valence-corrected chi connectivity index (χ0v) is 23.6. The Kier molecular flexibility index (Phi) is 7.43. The molecule has 5 rings (SSSR count). The van der Waals surface area contributed by atoms with E-state index in [1.807, 2.05) is 37.7 Å². The molecule has 3 aromatic heterocycles. The molecule has 0 aromatic carbocycles. The molecule has 4 heterocycles. The van der Waals surface area contributed by atoms with Gasteiger partial charge in [-0.05, 0) is 65.9 Å². The summed E-state index contributed by atoms with van der Waals surface area (Å²) >= 11 is 0. The number of β-amino-alcohol motifs (C(OH)–C–C–N with tert-alkyl or cyclic N) is 1. The van der Waals surface area contributed by atoms with Crippen molar-refractivity contribution in [2.45, 2.75) is 89.0 Å². The maximum Gasteiger partial charge on any atom is 0.250 e. The summed E-state index contributed by atoms with van der Waals surface area (Å²) in [6.45, 7) is 8.89. The molecular formula is C28H41N7O4. The van der Waals surface area contributed by atoms with Crippen molar-refractivity contribution >= 4 is 17.4 Å². The number of ether oxygens (including phenoxy) is 1. The van der Waals surface area contributed by atoms with E-state index in [9.17, 15) is 15.0 Å². The Balaban J connectivity index is 1.49. The predicted molar refractivity (Wildman–Crippen MR) is 148 cm³/mol. The van der Waals surface area contributed by atoms with E-state index in [1.54, 1.807) is 29.8 Å². The highest BCUT2D eigenvalue weighted by Crippen LogP contribution is 2.38. The number of fused-ring (bicyclic) bond motifs is 1. The number of methoxy groups -OCH3 is 1. The van der Waals surface area contributed by atoms with E-state index >= 15 is 0 Å². The van der Waals surface area contributed by atoms with Crippen LogP contribution >= 0.6 is 0 Å². The van der Waals surface area contributed by atoms with E-state index in [1.165, 1.54) is 0 Å². The Bertz CT molecular complexity index is 1320. The summed E-state index contributed by atoms with van der Waals surface area (Å²) in [6, 6.07) is 2.20. The van der Waals surface area contributed by atoms with Gasteiger partial charge in [-0.15, -0.1) is 5.10 Å². The average molecular weight is 540 g/mol. The number of anilines is 1. The lowest BCUT2D eigenvalue weighted by Gasteiger charge is -2.30. The molecule has 212 valence electrons. The molecule has 0 radical (unpaired) electrons. The first-order valence-corrected chi connectivity index (χ1v) is 13.9. The molecule has 1 aliphatic carbocycles. The lowest BCUT2D eigenvalue weighted by molar-refractivity contribution is -0.139. The molecule has 39 heavy (non-hydrogen) atoms. The van der Waals surface area contributed by atoms with E-state index in [0.29, 0.717) is 32.1 Å². The van der Waals surface area contributed by atoms with Crippen LogP contribution in [0.1, 0.15) is 71.4 Å². The van der Waals surface area contributed by atoms with E-state index in [2.05, 4.69) is 21.5 Å². The van der Waals surface area contributed by atoms with Crippen LogP contribution in [0, 0.1) is 0 Å². The molecule has 2 aliphatic rings. The highest BCUT2D eigenvalue weighted by Gasteiger charge is 2.41. The monoisotopic (exact) mass is 539 g/mol. The summed E-state index contributed by atoms with van der Waals surface area (Å²) in [6.07, 6.45) is 9.15. The van der Waals surface area contributed by atoms with Crippen LogP contribution in [0.25, 0.3) is 16.6 Å². The van der Waals surface area contributed by atoms with Crippen LogP contribution in [0.15, 0.2) is 24.7 Å². The van der Waals surface area contributed by atoms with Crippen LogP contribution in [0.4, 0.5) is 5.95 Å². The zero-order chi connectivity index (χ0) is 27.9. The Labute approximate surface area is 229 Å². The minimum absolute atomic E-state index is 0.0491. The van der Waals surface area contributed by atoms with Crippen molar-refractivity contribution in [3.05, 3.63) is 30.4 Å². The fraction of sp³-hybridized carbons (Fsp3) is 0.643. The Hall–Kier alpha value is -3.02. The van der Waals surface area contributed by atoms with Crippen molar-refractivity contribution in [1.82, 2.24) is 29.3 Å². The normalized spacial score (nSPS) is 24.8. The van der Waals surface area contributed by atoms with Crippen molar-refractivity contribution in [2.75, 3.05) is 32.1 Å². The van der Waals surface area contributed by atoms with Gasteiger partial charge in [0.2, 0.25) is 11.9 Å². The molecule has 3 aromatic rings. The van der Waals surface area contributed by atoms with Crippen molar-refractivity contribution in [3.63, 3.8) is 0 Å². The molecule has 11 heteroatoms. The fourth-order valence-electron chi connectivity index (χ4n) is 5.86. The van der Waals surface area contributed by atoms with Gasteiger partial charge in [0, 0.05) is 55.2 Å². The predicted octanol–water partition coefficient (Wildman–Crippen LogP) is 2.78. The molecule has 11 nitrogen and oxygen atoms in total. The zero-order valence-electron chi connectivity index (χ0n) is 23.6. The second-order valence-corrected chi connectivity index (χ2v) is 12.1. The van der Waals surface area contributed by atoms with E-state index in [0.717, 1.165) is 48.0 Å². The summed E-state index contributed by atoms with van der Waals surface area (Å²) in [5, 5.41) is 33.2. The topological polar surface area (TPSA) is 130 Å². The van der Waals surface area contributed by atoms with Gasteiger partial charge < -0.3 is 25.2 Å². The first kappa shape index (κ1) is 27.5. The Morgan fingerprint density at radius 3 is 2.69 bits per heavy atom. The van der Waals surface area contributed by atoms with Gasteiger partial charge in [-0.25, -0.2) is 9.50 Å². The lowest BCUT2D eigenvalue weighted by Crippen LogP contribution is -2.47. The largest absolute Gasteiger partial charge is 0.393 e. The van der Waals surface area contributed by atoms with Crippen molar-refractivity contribution < 1.29 is 19.7 Å². The van der Waals surface area contributed by atoms with E-state index < -0.39 is 11.1 Å². The third kappa shape index (κ3) is 5.53. The first-order chi connectivity index (χ1) is 18.5. The molecule has 1 aliphatic heterocycles.